The Bertz CT molecular complexity index is 877. The average molecular weight is 425 g/mol. The number of amides is 1. The van der Waals surface area contributed by atoms with E-state index < -0.39 is 0 Å². The van der Waals surface area contributed by atoms with Gasteiger partial charge in [0.2, 0.25) is 0 Å². The third kappa shape index (κ3) is 4.82. The number of rotatable bonds is 7. The molecule has 4 rings (SSSR count). The maximum atomic E-state index is 13.1. The number of carbonyl (C=O) groups excluding carboxylic acids is 1. The van der Waals surface area contributed by atoms with Gasteiger partial charge in [-0.15, -0.1) is 11.8 Å². The van der Waals surface area contributed by atoms with Crippen LogP contribution < -0.4 is 10.1 Å². The van der Waals surface area contributed by atoms with Crippen LogP contribution in [0.25, 0.3) is 4.91 Å². The van der Waals surface area contributed by atoms with E-state index in [0.717, 1.165) is 35.1 Å². The molecular weight excluding hydrogens is 396 g/mol. The summed E-state index contributed by atoms with van der Waals surface area (Å²) in [7, 11) is 1.67. The number of ether oxygens (including phenoxy) is 2. The van der Waals surface area contributed by atoms with Gasteiger partial charge in [0.1, 0.15) is 5.75 Å². The number of methoxy groups -OCH3 is 1. The molecule has 2 aliphatic rings. The average Bonchev–Trinajstić information content (AvgIpc) is 3.35. The van der Waals surface area contributed by atoms with E-state index in [1.165, 1.54) is 18.4 Å². The van der Waals surface area contributed by atoms with Crippen molar-refractivity contribution >= 4 is 22.6 Å². The van der Waals surface area contributed by atoms with E-state index in [1.807, 2.05) is 42.5 Å². The van der Waals surface area contributed by atoms with Crippen molar-refractivity contribution in [1.82, 2.24) is 10.2 Å². The number of likely N-dealkylation sites (tertiary alicyclic amines) is 1. The van der Waals surface area contributed by atoms with Crippen molar-refractivity contribution in [3.8, 4) is 5.75 Å². The zero-order valence-electron chi connectivity index (χ0n) is 17.3. The minimum Gasteiger partial charge on any atom is -0.497 e. The monoisotopic (exact) mass is 424 g/mol. The van der Waals surface area contributed by atoms with Crippen molar-refractivity contribution in [1.29, 1.82) is 0 Å². The number of hydrogen-bond donors (Lipinski definition) is 1. The lowest BCUT2D eigenvalue weighted by Crippen LogP contribution is -2.38. The van der Waals surface area contributed by atoms with Crippen LogP contribution in [0.1, 0.15) is 30.0 Å². The Kier molecular flexibility index (Phi) is 6.97. The molecule has 1 atom stereocenters. The molecular formula is C24H28N2O3S. The zero-order chi connectivity index (χ0) is 20.8. The molecule has 0 saturated carbocycles. The fourth-order valence-electron chi connectivity index (χ4n) is 4.00. The van der Waals surface area contributed by atoms with Gasteiger partial charge in [-0.05, 0) is 49.2 Å². The van der Waals surface area contributed by atoms with Crippen LogP contribution >= 0.6 is 11.8 Å². The number of benzene rings is 2. The van der Waals surface area contributed by atoms with Gasteiger partial charge in [0.15, 0.2) is 5.76 Å². The summed E-state index contributed by atoms with van der Waals surface area (Å²) in [5.74, 6) is 1.99. The van der Waals surface area contributed by atoms with Gasteiger partial charge in [0.25, 0.3) is 5.91 Å². The molecule has 5 nitrogen and oxygen atoms in total. The smallest absolute Gasteiger partial charge is 0.287 e. The minimum absolute atomic E-state index is 0.138. The van der Waals surface area contributed by atoms with E-state index in [4.69, 9.17) is 9.47 Å². The quantitative estimate of drug-likeness (QED) is 0.726. The molecule has 0 spiro atoms. The number of thioether (sulfide) groups is 1. The lowest BCUT2D eigenvalue weighted by molar-refractivity contribution is -0.121. The molecule has 0 aliphatic carbocycles. The Hall–Kier alpha value is -2.44. The molecule has 1 saturated heterocycles. The first-order valence-electron chi connectivity index (χ1n) is 10.5. The molecule has 1 amide bonds. The van der Waals surface area contributed by atoms with E-state index in [0.29, 0.717) is 18.9 Å². The van der Waals surface area contributed by atoms with Crippen molar-refractivity contribution in [3.63, 3.8) is 0 Å². The first kappa shape index (κ1) is 20.8. The first-order chi connectivity index (χ1) is 14.8. The summed E-state index contributed by atoms with van der Waals surface area (Å²) in [5, 5.41) is 3.15. The summed E-state index contributed by atoms with van der Waals surface area (Å²) in [6.07, 6.45) is 2.40. The molecule has 2 aromatic carbocycles. The molecule has 2 aliphatic heterocycles. The van der Waals surface area contributed by atoms with Crippen molar-refractivity contribution < 1.29 is 14.3 Å². The largest absolute Gasteiger partial charge is 0.497 e. The predicted octanol–water partition coefficient (Wildman–Crippen LogP) is 4.08. The summed E-state index contributed by atoms with van der Waals surface area (Å²) >= 11 is 1.68. The van der Waals surface area contributed by atoms with Crippen LogP contribution in [-0.4, -0.2) is 49.9 Å². The van der Waals surface area contributed by atoms with Gasteiger partial charge < -0.3 is 14.8 Å². The summed E-state index contributed by atoms with van der Waals surface area (Å²) in [6, 6.07) is 18.3. The Morgan fingerprint density at radius 2 is 1.87 bits per heavy atom. The van der Waals surface area contributed by atoms with Crippen molar-refractivity contribution in [2.24, 2.45) is 0 Å². The van der Waals surface area contributed by atoms with E-state index in [9.17, 15) is 4.79 Å². The second kappa shape index (κ2) is 10.0. The number of nitrogens with one attached hydrogen (secondary N) is 1. The standard InChI is InChI=1S/C24H28N2O3S/c1-28-20-11-9-18(10-12-20)21(26-13-5-6-14-26)17-25-24(27)22-23(30-16-15-29-22)19-7-3-2-4-8-19/h2-4,7-12,21H,5-6,13-17H2,1H3,(H,25,27)/t21-/m1/s1. The summed E-state index contributed by atoms with van der Waals surface area (Å²) in [6.45, 7) is 3.20. The van der Waals surface area contributed by atoms with Gasteiger partial charge in [-0.1, -0.05) is 42.5 Å². The number of hydrogen-bond acceptors (Lipinski definition) is 5. The Labute approximate surface area is 182 Å². The Balaban J connectivity index is 1.52. The molecule has 1 N–H and O–H groups in total. The molecule has 0 bridgehead atoms. The molecule has 2 heterocycles. The lowest BCUT2D eigenvalue weighted by atomic mass is 10.1. The van der Waals surface area contributed by atoms with Crippen LogP contribution in [0.5, 0.6) is 5.75 Å². The first-order valence-corrected chi connectivity index (χ1v) is 11.5. The highest BCUT2D eigenvalue weighted by Gasteiger charge is 2.27. The fraction of sp³-hybridized carbons (Fsp3) is 0.375. The fourth-order valence-corrected chi connectivity index (χ4v) is 4.95. The van der Waals surface area contributed by atoms with Crippen LogP contribution in [0.3, 0.4) is 0 Å². The summed E-state index contributed by atoms with van der Waals surface area (Å²) in [5.41, 5.74) is 2.22. The molecule has 0 aromatic heterocycles. The number of carbonyl (C=O) groups is 1. The molecule has 6 heteroatoms. The summed E-state index contributed by atoms with van der Waals surface area (Å²) in [4.78, 5) is 16.5. The van der Waals surface area contributed by atoms with Gasteiger partial charge in [-0.25, -0.2) is 0 Å². The molecule has 0 radical (unpaired) electrons. The van der Waals surface area contributed by atoms with Gasteiger partial charge in [0, 0.05) is 12.3 Å². The molecule has 30 heavy (non-hydrogen) atoms. The molecule has 1 fully saturated rings. The van der Waals surface area contributed by atoms with E-state index in [1.54, 1.807) is 18.9 Å². The van der Waals surface area contributed by atoms with Crippen molar-refractivity contribution in [3.05, 3.63) is 71.5 Å². The van der Waals surface area contributed by atoms with E-state index >= 15 is 0 Å². The SMILES string of the molecule is COc1ccc([C@@H](CNC(=O)C2=C(c3ccccc3)SCCO2)N2CCCC2)cc1. The highest BCUT2D eigenvalue weighted by Crippen LogP contribution is 2.35. The maximum Gasteiger partial charge on any atom is 0.287 e. The van der Waals surface area contributed by atoms with Gasteiger partial charge in [-0.2, -0.15) is 0 Å². The Morgan fingerprint density at radius 3 is 2.57 bits per heavy atom. The highest BCUT2D eigenvalue weighted by molar-refractivity contribution is 8.08. The second-order valence-electron chi connectivity index (χ2n) is 7.46. The van der Waals surface area contributed by atoms with Crippen LogP contribution in [0.2, 0.25) is 0 Å². The van der Waals surface area contributed by atoms with Crippen LogP contribution in [0, 0.1) is 0 Å². The molecule has 0 unspecified atom stereocenters. The number of nitrogens with zero attached hydrogens (tertiary/aromatic N) is 1. The third-order valence-corrected chi connectivity index (χ3v) is 6.64. The van der Waals surface area contributed by atoms with Gasteiger partial charge >= 0.3 is 0 Å². The second-order valence-corrected chi connectivity index (χ2v) is 8.57. The topological polar surface area (TPSA) is 50.8 Å². The molecule has 2 aromatic rings. The normalized spacial score (nSPS) is 18.0. The predicted molar refractivity (Wildman–Crippen MR) is 121 cm³/mol. The van der Waals surface area contributed by atoms with Crippen molar-refractivity contribution in [2.75, 3.05) is 39.1 Å². The van der Waals surface area contributed by atoms with Crippen LogP contribution in [0.15, 0.2) is 60.4 Å². The third-order valence-electron chi connectivity index (χ3n) is 5.56. The highest BCUT2D eigenvalue weighted by atomic mass is 32.2. The Morgan fingerprint density at radius 1 is 1.13 bits per heavy atom. The molecule has 158 valence electrons. The lowest BCUT2D eigenvalue weighted by Gasteiger charge is -2.29. The van der Waals surface area contributed by atoms with Crippen molar-refractivity contribution in [2.45, 2.75) is 18.9 Å². The minimum atomic E-state index is -0.140. The van der Waals surface area contributed by atoms with Crippen LogP contribution in [-0.2, 0) is 9.53 Å². The van der Waals surface area contributed by atoms with Gasteiger partial charge in [0.05, 0.1) is 24.7 Å². The van der Waals surface area contributed by atoms with E-state index in [-0.39, 0.29) is 11.9 Å². The van der Waals surface area contributed by atoms with Gasteiger partial charge in [-0.3, -0.25) is 9.69 Å². The summed E-state index contributed by atoms with van der Waals surface area (Å²) < 4.78 is 11.1. The van der Waals surface area contributed by atoms with E-state index in [2.05, 4.69) is 22.3 Å². The zero-order valence-corrected chi connectivity index (χ0v) is 18.1. The maximum absolute atomic E-state index is 13.1. The van der Waals surface area contributed by atoms with Crippen LogP contribution in [0.4, 0.5) is 0 Å².